The summed E-state index contributed by atoms with van der Waals surface area (Å²) in [6.07, 6.45) is 4.06. The summed E-state index contributed by atoms with van der Waals surface area (Å²) in [5.41, 5.74) is 7.90. The SMILES string of the molecule is COc1nc(OCC2CCN(C)CC2)ccc1CNc1ccc2c(N)nccc2c1. The molecule has 1 saturated heterocycles. The van der Waals surface area contributed by atoms with Gasteiger partial charge in [-0.25, -0.2) is 4.98 Å². The van der Waals surface area contributed by atoms with Crippen molar-refractivity contribution in [3.05, 3.63) is 48.2 Å². The minimum absolute atomic E-state index is 0.542. The van der Waals surface area contributed by atoms with Crippen LogP contribution in [-0.4, -0.2) is 48.7 Å². The van der Waals surface area contributed by atoms with E-state index >= 15 is 0 Å². The van der Waals surface area contributed by atoms with Gasteiger partial charge in [0.1, 0.15) is 5.82 Å². The molecule has 0 unspecified atom stereocenters. The third-order valence-electron chi connectivity index (χ3n) is 5.69. The Balaban J connectivity index is 1.38. The fourth-order valence-electron chi connectivity index (χ4n) is 3.78. The average molecular weight is 408 g/mol. The van der Waals surface area contributed by atoms with E-state index in [9.17, 15) is 0 Å². The van der Waals surface area contributed by atoms with Gasteiger partial charge in [-0.1, -0.05) is 0 Å². The summed E-state index contributed by atoms with van der Waals surface area (Å²) in [6, 6.07) is 11.9. The molecule has 7 nitrogen and oxygen atoms in total. The average Bonchev–Trinajstić information content (AvgIpc) is 2.77. The van der Waals surface area contributed by atoms with E-state index in [-0.39, 0.29) is 0 Å². The Morgan fingerprint density at radius 2 is 2.00 bits per heavy atom. The van der Waals surface area contributed by atoms with E-state index in [1.165, 1.54) is 12.8 Å². The van der Waals surface area contributed by atoms with Crippen LogP contribution in [0.25, 0.3) is 10.8 Å². The first-order valence-corrected chi connectivity index (χ1v) is 10.4. The molecule has 30 heavy (non-hydrogen) atoms. The number of rotatable bonds is 7. The summed E-state index contributed by atoms with van der Waals surface area (Å²) < 4.78 is 11.5. The van der Waals surface area contributed by atoms with Gasteiger partial charge in [-0.2, -0.15) is 4.98 Å². The van der Waals surface area contributed by atoms with Crippen molar-refractivity contribution in [1.82, 2.24) is 14.9 Å². The lowest BCUT2D eigenvalue weighted by Gasteiger charge is -2.28. The number of nitrogens with one attached hydrogen (secondary N) is 1. The topological polar surface area (TPSA) is 85.5 Å². The predicted octanol–water partition coefficient (Wildman–Crippen LogP) is 3.55. The second-order valence-electron chi connectivity index (χ2n) is 7.86. The Morgan fingerprint density at radius 1 is 1.17 bits per heavy atom. The molecule has 1 aliphatic heterocycles. The number of nitrogens with zero attached hydrogens (tertiary/aromatic N) is 3. The molecule has 158 valence electrons. The van der Waals surface area contributed by atoms with Crippen LogP contribution in [0.2, 0.25) is 0 Å². The number of anilines is 2. The molecular weight excluding hydrogens is 378 g/mol. The lowest BCUT2D eigenvalue weighted by molar-refractivity contribution is 0.156. The summed E-state index contributed by atoms with van der Waals surface area (Å²) in [5, 5.41) is 5.43. The lowest BCUT2D eigenvalue weighted by atomic mass is 9.98. The molecule has 3 heterocycles. The molecule has 0 atom stereocenters. The normalized spacial score (nSPS) is 15.3. The molecule has 3 aromatic rings. The molecular formula is C23H29N5O2. The van der Waals surface area contributed by atoms with Crippen molar-refractivity contribution in [1.29, 1.82) is 0 Å². The number of piperidine rings is 1. The summed E-state index contributed by atoms with van der Waals surface area (Å²) in [7, 11) is 3.80. The van der Waals surface area contributed by atoms with Crippen molar-refractivity contribution >= 4 is 22.3 Å². The first-order chi connectivity index (χ1) is 14.6. The minimum Gasteiger partial charge on any atom is -0.481 e. The van der Waals surface area contributed by atoms with Gasteiger partial charge in [0.15, 0.2) is 0 Å². The predicted molar refractivity (Wildman–Crippen MR) is 120 cm³/mol. The van der Waals surface area contributed by atoms with Crippen molar-refractivity contribution in [2.75, 3.05) is 44.9 Å². The number of nitrogen functional groups attached to an aromatic ring is 1. The van der Waals surface area contributed by atoms with Crippen molar-refractivity contribution < 1.29 is 9.47 Å². The Bertz CT molecular complexity index is 1000. The molecule has 2 aromatic heterocycles. The van der Waals surface area contributed by atoms with Gasteiger partial charge in [0.05, 0.1) is 13.7 Å². The van der Waals surface area contributed by atoms with Crippen LogP contribution in [0.3, 0.4) is 0 Å². The largest absolute Gasteiger partial charge is 0.481 e. The van der Waals surface area contributed by atoms with Gasteiger partial charge >= 0.3 is 0 Å². The van der Waals surface area contributed by atoms with E-state index < -0.39 is 0 Å². The zero-order valence-corrected chi connectivity index (χ0v) is 17.6. The standard InChI is InChI=1S/C23H29N5O2/c1-28-11-8-16(9-12-28)15-30-21-6-3-18(23(27-21)29-2)14-26-19-4-5-20-17(13-19)7-10-25-22(20)24/h3-7,10,13,16,26H,8-9,11-12,14-15H2,1-2H3,(H2,24,25). The van der Waals surface area contributed by atoms with Crippen LogP contribution >= 0.6 is 0 Å². The summed E-state index contributed by atoms with van der Waals surface area (Å²) in [6.45, 7) is 3.56. The number of likely N-dealkylation sites (tertiary alicyclic amines) is 1. The van der Waals surface area contributed by atoms with Crippen molar-refractivity contribution in [3.8, 4) is 11.8 Å². The van der Waals surface area contributed by atoms with E-state index in [4.69, 9.17) is 15.2 Å². The maximum absolute atomic E-state index is 5.95. The van der Waals surface area contributed by atoms with E-state index in [1.807, 2.05) is 30.3 Å². The summed E-state index contributed by atoms with van der Waals surface area (Å²) in [4.78, 5) is 11.0. The molecule has 7 heteroatoms. The molecule has 3 N–H and O–H groups in total. The van der Waals surface area contributed by atoms with Gasteiger partial charge in [0.25, 0.3) is 0 Å². The Labute approximate surface area is 177 Å². The maximum atomic E-state index is 5.95. The Kier molecular flexibility index (Phi) is 6.18. The van der Waals surface area contributed by atoms with Gasteiger partial charge in [-0.15, -0.1) is 0 Å². The van der Waals surface area contributed by atoms with Crippen LogP contribution in [0.4, 0.5) is 11.5 Å². The van der Waals surface area contributed by atoms with E-state index in [1.54, 1.807) is 13.3 Å². The third-order valence-corrected chi connectivity index (χ3v) is 5.69. The van der Waals surface area contributed by atoms with E-state index in [0.717, 1.165) is 35.1 Å². The number of nitrogens with two attached hydrogens (primary N) is 1. The van der Waals surface area contributed by atoms with Crippen molar-refractivity contribution in [2.45, 2.75) is 19.4 Å². The fourth-order valence-corrected chi connectivity index (χ4v) is 3.78. The maximum Gasteiger partial charge on any atom is 0.221 e. The van der Waals surface area contributed by atoms with Gasteiger partial charge in [-0.05, 0) is 74.6 Å². The minimum atomic E-state index is 0.542. The number of hydrogen-bond acceptors (Lipinski definition) is 7. The van der Waals surface area contributed by atoms with E-state index in [0.29, 0.717) is 36.6 Å². The number of methoxy groups -OCH3 is 1. The molecule has 4 rings (SSSR count). The van der Waals surface area contributed by atoms with Crippen LogP contribution in [0, 0.1) is 5.92 Å². The van der Waals surface area contributed by atoms with Crippen molar-refractivity contribution in [3.63, 3.8) is 0 Å². The smallest absolute Gasteiger partial charge is 0.221 e. The van der Waals surface area contributed by atoms with Gasteiger partial charge in [-0.3, -0.25) is 0 Å². The molecule has 1 aromatic carbocycles. The highest BCUT2D eigenvalue weighted by Crippen LogP contribution is 2.25. The second-order valence-corrected chi connectivity index (χ2v) is 7.86. The highest BCUT2D eigenvalue weighted by atomic mass is 16.5. The lowest BCUT2D eigenvalue weighted by Crippen LogP contribution is -2.32. The Hall–Kier alpha value is -3.06. The monoisotopic (exact) mass is 407 g/mol. The zero-order valence-electron chi connectivity index (χ0n) is 17.6. The quantitative estimate of drug-likeness (QED) is 0.619. The number of pyridine rings is 2. The number of fused-ring (bicyclic) bond motifs is 1. The Morgan fingerprint density at radius 3 is 2.80 bits per heavy atom. The van der Waals surface area contributed by atoms with Crippen LogP contribution in [0.1, 0.15) is 18.4 Å². The third kappa shape index (κ3) is 4.74. The second kappa shape index (κ2) is 9.17. The molecule has 0 aliphatic carbocycles. The number of aromatic nitrogens is 2. The van der Waals surface area contributed by atoms with Crippen LogP contribution in [-0.2, 0) is 6.54 Å². The van der Waals surface area contributed by atoms with Crippen molar-refractivity contribution in [2.24, 2.45) is 5.92 Å². The van der Waals surface area contributed by atoms with Gasteiger partial charge < -0.3 is 25.4 Å². The molecule has 0 spiro atoms. The first-order valence-electron chi connectivity index (χ1n) is 10.4. The van der Waals surface area contributed by atoms with Crippen LogP contribution in [0.15, 0.2) is 42.6 Å². The molecule has 0 amide bonds. The van der Waals surface area contributed by atoms with E-state index in [2.05, 4.69) is 33.3 Å². The molecule has 0 bridgehead atoms. The molecule has 0 radical (unpaired) electrons. The number of hydrogen-bond donors (Lipinski definition) is 2. The first kappa shape index (κ1) is 20.2. The molecule has 0 saturated carbocycles. The zero-order chi connectivity index (χ0) is 20.9. The highest BCUT2D eigenvalue weighted by Gasteiger charge is 2.17. The summed E-state index contributed by atoms with van der Waals surface area (Å²) >= 11 is 0. The van der Waals surface area contributed by atoms with Crippen LogP contribution in [0.5, 0.6) is 11.8 Å². The number of ether oxygens (including phenoxy) is 2. The number of benzene rings is 1. The fraction of sp³-hybridized carbons (Fsp3) is 0.391. The van der Waals surface area contributed by atoms with Gasteiger partial charge in [0, 0.05) is 35.4 Å². The molecule has 1 aliphatic rings. The molecule has 1 fully saturated rings. The van der Waals surface area contributed by atoms with Gasteiger partial charge in [0.2, 0.25) is 11.8 Å². The highest BCUT2D eigenvalue weighted by molar-refractivity contribution is 5.92. The summed E-state index contributed by atoms with van der Waals surface area (Å²) in [5.74, 6) is 2.33. The van der Waals surface area contributed by atoms with Crippen LogP contribution < -0.4 is 20.5 Å².